The summed E-state index contributed by atoms with van der Waals surface area (Å²) >= 11 is 0. The van der Waals surface area contributed by atoms with Gasteiger partial charge in [0.2, 0.25) is 0 Å². The zero-order chi connectivity index (χ0) is 17.6. The van der Waals surface area contributed by atoms with Crippen molar-refractivity contribution in [2.75, 3.05) is 10.6 Å². The van der Waals surface area contributed by atoms with Crippen LogP contribution in [0.5, 0.6) is 0 Å². The lowest BCUT2D eigenvalue weighted by molar-refractivity contribution is 0.102. The van der Waals surface area contributed by atoms with Crippen LogP contribution in [0.3, 0.4) is 0 Å². The van der Waals surface area contributed by atoms with Crippen molar-refractivity contribution < 1.29 is 4.79 Å². The Labute approximate surface area is 146 Å². The molecule has 2 aromatic carbocycles. The summed E-state index contributed by atoms with van der Waals surface area (Å²) in [6.45, 7) is 1.97. The minimum atomic E-state index is -0.254. The zero-order valence-electron chi connectivity index (χ0n) is 13.7. The van der Waals surface area contributed by atoms with Crippen LogP contribution in [0.1, 0.15) is 21.6 Å². The SMILES string of the molecule is Cc1cccc(NC(=O)c2ccc(Nc3ccc(C#N)cc3)cn2)c1. The maximum absolute atomic E-state index is 12.2. The lowest BCUT2D eigenvalue weighted by Crippen LogP contribution is -2.13. The molecule has 3 rings (SSSR count). The highest BCUT2D eigenvalue weighted by molar-refractivity contribution is 6.03. The molecule has 0 aliphatic rings. The number of carbonyl (C=O) groups is 1. The van der Waals surface area contributed by atoms with Crippen LogP contribution in [0.25, 0.3) is 0 Å². The van der Waals surface area contributed by atoms with Crippen LogP contribution in [-0.4, -0.2) is 10.9 Å². The van der Waals surface area contributed by atoms with E-state index in [-0.39, 0.29) is 5.91 Å². The van der Waals surface area contributed by atoms with Crippen molar-refractivity contribution in [2.24, 2.45) is 0 Å². The average Bonchev–Trinajstić information content (AvgIpc) is 2.63. The molecule has 2 N–H and O–H groups in total. The Kier molecular flexibility index (Phi) is 4.72. The molecule has 0 aliphatic carbocycles. The highest BCUT2D eigenvalue weighted by Gasteiger charge is 2.08. The smallest absolute Gasteiger partial charge is 0.274 e. The number of hydrogen-bond acceptors (Lipinski definition) is 4. The van der Waals surface area contributed by atoms with Gasteiger partial charge in [0.15, 0.2) is 0 Å². The Bertz CT molecular complexity index is 925. The summed E-state index contributed by atoms with van der Waals surface area (Å²) in [7, 11) is 0. The fourth-order valence-electron chi connectivity index (χ4n) is 2.31. The number of aryl methyl sites for hydroxylation is 1. The second-order valence-corrected chi connectivity index (χ2v) is 5.57. The number of amides is 1. The Morgan fingerprint density at radius 3 is 2.40 bits per heavy atom. The van der Waals surface area contributed by atoms with Crippen LogP contribution >= 0.6 is 0 Å². The van der Waals surface area contributed by atoms with Crippen molar-refractivity contribution in [3.05, 3.63) is 83.7 Å². The van der Waals surface area contributed by atoms with E-state index in [0.717, 1.165) is 22.6 Å². The van der Waals surface area contributed by atoms with Gasteiger partial charge in [-0.2, -0.15) is 5.26 Å². The summed E-state index contributed by atoms with van der Waals surface area (Å²) in [5, 5.41) is 14.8. The second-order valence-electron chi connectivity index (χ2n) is 5.57. The highest BCUT2D eigenvalue weighted by Crippen LogP contribution is 2.17. The van der Waals surface area contributed by atoms with Gasteiger partial charge in [-0.15, -0.1) is 0 Å². The van der Waals surface area contributed by atoms with Gasteiger partial charge in [0.1, 0.15) is 5.69 Å². The van der Waals surface area contributed by atoms with Crippen LogP contribution in [0.4, 0.5) is 17.1 Å². The molecule has 1 heterocycles. The zero-order valence-corrected chi connectivity index (χ0v) is 13.7. The minimum absolute atomic E-state index is 0.254. The van der Waals surface area contributed by atoms with E-state index >= 15 is 0 Å². The van der Waals surface area contributed by atoms with Crippen molar-refractivity contribution in [3.63, 3.8) is 0 Å². The van der Waals surface area contributed by atoms with Crippen molar-refractivity contribution in [1.82, 2.24) is 4.98 Å². The van der Waals surface area contributed by atoms with E-state index in [1.807, 2.05) is 43.3 Å². The Morgan fingerprint density at radius 2 is 1.76 bits per heavy atom. The first-order valence-electron chi connectivity index (χ1n) is 7.75. The number of anilines is 3. The fourth-order valence-corrected chi connectivity index (χ4v) is 2.31. The molecule has 0 atom stereocenters. The molecule has 0 saturated heterocycles. The van der Waals surface area contributed by atoms with E-state index in [1.54, 1.807) is 30.5 Å². The van der Waals surface area contributed by atoms with Crippen molar-refractivity contribution >= 4 is 23.0 Å². The maximum Gasteiger partial charge on any atom is 0.274 e. The molecule has 0 spiro atoms. The van der Waals surface area contributed by atoms with Crippen LogP contribution in [-0.2, 0) is 0 Å². The first-order valence-corrected chi connectivity index (χ1v) is 7.75. The first-order chi connectivity index (χ1) is 12.1. The lowest BCUT2D eigenvalue weighted by atomic mass is 10.2. The van der Waals surface area contributed by atoms with Gasteiger partial charge in [0.25, 0.3) is 5.91 Å². The topological polar surface area (TPSA) is 77.8 Å². The van der Waals surface area contributed by atoms with Crippen molar-refractivity contribution in [2.45, 2.75) is 6.92 Å². The molecule has 3 aromatic rings. The number of benzene rings is 2. The van der Waals surface area contributed by atoms with Gasteiger partial charge >= 0.3 is 0 Å². The number of aromatic nitrogens is 1. The molecule has 25 heavy (non-hydrogen) atoms. The molecular formula is C20H16N4O. The molecular weight excluding hydrogens is 312 g/mol. The minimum Gasteiger partial charge on any atom is -0.354 e. The molecule has 5 nitrogen and oxygen atoms in total. The normalized spacial score (nSPS) is 9.92. The van der Waals surface area contributed by atoms with E-state index in [1.165, 1.54) is 0 Å². The standard InChI is InChI=1S/C20H16N4O/c1-14-3-2-4-17(11-14)24-20(25)19-10-9-18(13-22-19)23-16-7-5-15(12-21)6-8-16/h2-11,13,23H,1H3,(H,24,25). The van der Waals surface area contributed by atoms with Crippen LogP contribution in [0, 0.1) is 18.3 Å². The summed E-state index contributed by atoms with van der Waals surface area (Å²) in [4.78, 5) is 16.4. The van der Waals surface area contributed by atoms with Gasteiger partial charge in [-0.25, -0.2) is 4.98 Å². The quantitative estimate of drug-likeness (QED) is 0.750. The second kappa shape index (κ2) is 7.28. The number of rotatable bonds is 4. The Hall–Kier alpha value is -3.65. The summed E-state index contributed by atoms with van der Waals surface area (Å²) in [6, 6.07) is 20.2. The number of hydrogen-bond donors (Lipinski definition) is 2. The largest absolute Gasteiger partial charge is 0.354 e. The Morgan fingerprint density at radius 1 is 1.00 bits per heavy atom. The summed E-state index contributed by atoms with van der Waals surface area (Å²) in [5.74, 6) is -0.254. The van der Waals surface area contributed by atoms with Gasteiger partial charge in [-0.05, 0) is 61.0 Å². The average molecular weight is 328 g/mol. The summed E-state index contributed by atoms with van der Waals surface area (Å²) in [5.41, 5.74) is 4.37. The van der Waals surface area contributed by atoms with Gasteiger partial charge in [0, 0.05) is 11.4 Å². The summed E-state index contributed by atoms with van der Waals surface area (Å²) in [6.07, 6.45) is 1.60. The van der Waals surface area contributed by atoms with Crippen LogP contribution in [0.2, 0.25) is 0 Å². The molecule has 1 aromatic heterocycles. The third kappa shape index (κ3) is 4.21. The van der Waals surface area contributed by atoms with E-state index in [0.29, 0.717) is 11.3 Å². The van der Waals surface area contributed by atoms with Gasteiger partial charge in [-0.1, -0.05) is 12.1 Å². The molecule has 0 bridgehead atoms. The third-order valence-corrected chi connectivity index (χ3v) is 3.57. The molecule has 0 fully saturated rings. The van der Waals surface area contributed by atoms with Crippen molar-refractivity contribution in [3.8, 4) is 6.07 Å². The van der Waals surface area contributed by atoms with E-state index in [9.17, 15) is 4.79 Å². The monoisotopic (exact) mass is 328 g/mol. The number of carbonyl (C=O) groups excluding carboxylic acids is 1. The Balaban J connectivity index is 1.66. The number of pyridine rings is 1. The number of nitrogens with one attached hydrogen (secondary N) is 2. The molecule has 0 unspecified atom stereocenters. The molecule has 0 saturated carbocycles. The van der Waals surface area contributed by atoms with Crippen LogP contribution < -0.4 is 10.6 Å². The predicted octanol–water partition coefficient (Wildman–Crippen LogP) is 4.26. The van der Waals surface area contributed by atoms with E-state index < -0.39 is 0 Å². The van der Waals surface area contributed by atoms with Gasteiger partial charge in [0.05, 0.1) is 23.5 Å². The van der Waals surface area contributed by atoms with Gasteiger partial charge in [-0.3, -0.25) is 4.79 Å². The maximum atomic E-state index is 12.2. The van der Waals surface area contributed by atoms with E-state index in [4.69, 9.17) is 5.26 Å². The molecule has 122 valence electrons. The fraction of sp³-hybridized carbons (Fsp3) is 0.0500. The number of nitriles is 1. The summed E-state index contributed by atoms with van der Waals surface area (Å²) < 4.78 is 0. The van der Waals surface area contributed by atoms with E-state index in [2.05, 4.69) is 21.7 Å². The molecule has 0 aliphatic heterocycles. The van der Waals surface area contributed by atoms with Gasteiger partial charge < -0.3 is 10.6 Å². The first kappa shape index (κ1) is 16.2. The molecule has 1 amide bonds. The molecule has 5 heteroatoms. The highest BCUT2D eigenvalue weighted by atomic mass is 16.1. The molecule has 0 radical (unpaired) electrons. The third-order valence-electron chi connectivity index (χ3n) is 3.57. The van der Waals surface area contributed by atoms with Crippen molar-refractivity contribution in [1.29, 1.82) is 5.26 Å². The lowest BCUT2D eigenvalue weighted by Gasteiger charge is -2.08. The number of nitrogens with zero attached hydrogens (tertiary/aromatic N) is 2. The predicted molar refractivity (Wildman–Crippen MR) is 97.8 cm³/mol. The van der Waals surface area contributed by atoms with Crippen LogP contribution in [0.15, 0.2) is 66.9 Å².